The van der Waals surface area contributed by atoms with Crippen LogP contribution in [0.15, 0.2) is 0 Å². The molecule has 1 aliphatic rings. The molecule has 0 aromatic rings. The van der Waals surface area contributed by atoms with Gasteiger partial charge in [0.2, 0.25) is 0 Å². The Morgan fingerprint density at radius 3 is 2.43 bits per heavy atom. The molecule has 23 heavy (non-hydrogen) atoms. The lowest BCUT2D eigenvalue weighted by atomic mass is 10.1. The van der Waals surface area contributed by atoms with E-state index in [1.165, 1.54) is 0 Å². The fraction of sp³-hybridized carbons (Fsp3) is 0.933. The molecule has 1 saturated heterocycles. The van der Waals surface area contributed by atoms with E-state index >= 15 is 0 Å². The maximum atomic E-state index is 12.0. The van der Waals surface area contributed by atoms with Gasteiger partial charge in [-0.3, -0.25) is 0 Å². The summed E-state index contributed by atoms with van der Waals surface area (Å²) in [6.45, 7) is 7.28. The molecule has 136 valence electrons. The average molecular weight is 341 g/mol. The highest BCUT2D eigenvalue weighted by Crippen LogP contribution is 2.26. The molecule has 0 radical (unpaired) electrons. The van der Waals surface area contributed by atoms with Crippen LogP contribution in [0, 0.1) is 0 Å². The summed E-state index contributed by atoms with van der Waals surface area (Å²) >= 11 is 0. The zero-order chi connectivity index (χ0) is 17.7. The van der Waals surface area contributed by atoms with E-state index in [0.717, 1.165) is 0 Å². The van der Waals surface area contributed by atoms with Crippen molar-refractivity contribution >= 4 is 6.09 Å². The maximum Gasteiger partial charge on any atom is 0.411 e. The van der Waals surface area contributed by atoms with Gasteiger partial charge in [0.25, 0.3) is 0 Å². The summed E-state index contributed by atoms with van der Waals surface area (Å²) in [6, 6.07) is 0. The lowest BCUT2D eigenvalue weighted by Crippen LogP contribution is -2.39. The lowest BCUT2D eigenvalue weighted by Gasteiger charge is -2.27. The smallest absolute Gasteiger partial charge is 0.411 e. The summed E-state index contributed by atoms with van der Waals surface area (Å²) in [5.41, 5.74) is -1.05. The van der Waals surface area contributed by atoms with Gasteiger partial charge in [-0.25, -0.2) is 4.79 Å². The third kappa shape index (κ3) is 8.41. The summed E-state index contributed by atoms with van der Waals surface area (Å²) in [4.78, 5) is 13.6. The number of halogens is 3. The molecule has 5 nitrogen and oxygen atoms in total. The maximum absolute atomic E-state index is 12.0. The molecule has 1 atom stereocenters. The van der Waals surface area contributed by atoms with E-state index in [1.54, 1.807) is 25.7 Å². The quantitative estimate of drug-likeness (QED) is 0.695. The predicted molar refractivity (Wildman–Crippen MR) is 78.3 cm³/mol. The van der Waals surface area contributed by atoms with Crippen LogP contribution in [0.2, 0.25) is 0 Å². The summed E-state index contributed by atoms with van der Waals surface area (Å²) in [7, 11) is 0. The number of ether oxygens (including phenoxy) is 3. The summed E-state index contributed by atoms with van der Waals surface area (Å²) in [5, 5.41) is 0. The summed E-state index contributed by atoms with van der Waals surface area (Å²) < 4.78 is 51.3. The zero-order valence-corrected chi connectivity index (χ0v) is 14.2. The number of hydrogen-bond acceptors (Lipinski definition) is 4. The minimum Gasteiger partial charge on any atom is -0.444 e. The molecule has 0 aromatic carbocycles. The fourth-order valence-electron chi connectivity index (χ4n) is 2.20. The van der Waals surface area contributed by atoms with Crippen LogP contribution in [-0.2, 0) is 14.2 Å². The molecule has 1 fully saturated rings. The van der Waals surface area contributed by atoms with E-state index in [-0.39, 0.29) is 19.3 Å². The van der Waals surface area contributed by atoms with Crippen molar-refractivity contribution < 1.29 is 32.2 Å². The Morgan fingerprint density at radius 2 is 1.87 bits per heavy atom. The van der Waals surface area contributed by atoms with E-state index in [2.05, 4.69) is 4.74 Å². The third-order valence-corrected chi connectivity index (χ3v) is 3.24. The Labute approximate surface area is 135 Å². The Bertz CT molecular complexity index is 395. The molecule has 1 aliphatic heterocycles. The summed E-state index contributed by atoms with van der Waals surface area (Å²) in [6.07, 6.45) is -3.64. The average Bonchev–Trinajstić information content (AvgIpc) is 2.73. The lowest BCUT2D eigenvalue weighted by molar-refractivity contribution is -0.175. The van der Waals surface area contributed by atoms with Crippen molar-refractivity contribution in [1.29, 1.82) is 0 Å². The molecule has 1 rings (SSSR count). The van der Waals surface area contributed by atoms with Gasteiger partial charge in [0.15, 0.2) is 0 Å². The number of carbonyl (C=O) groups excluding carboxylic acids is 1. The van der Waals surface area contributed by atoms with Crippen molar-refractivity contribution in [2.24, 2.45) is 0 Å². The van der Waals surface area contributed by atoms with Crippen LogP contribution in [0.4, 0.5) is 18.0 Å². The molecule has 1 unspecified atom stereocenters. The van der Waals surface area contributed by atoms with Crippen molar-refractivity contribution in [1.82, 2.24) is 4.90 Å². The van der Waals surface area contributed by atoms with E-state index in [1.807, 2.05) is 6.92 Å². The Hall–Kier alpha value is -1.02. The molecule has 1 heterocycles. The molecule has 0 N–H and O–H groups in total. The van der Waals surface area contributed by atoms with Gasteiger partial charge in [-0.05, 0) is 40.5 Å². The highest BCUT2D eigenvalue weighted by Gasteiger charge is 2.38. The van der Waals surface area contributed by atoms with E-state index in [0.29, 0.717) is 25.9 Å². The van der Waals surface area contributed by atoms with Crippen molar-refractivity contribution in [3.05, 3.63) is 0 Å². The van der Waals surface area contributed by atoms with Gasteiger partial charge < -0.3 is 19.1 Å². The minimum atomic E-state index is -4.30. The number of amides is 1. The van der Waals surface area contributed by atoms with E-state index < -0.39 is 24.0 Å². The molecule has 1 amide bonds. The first kappa shape index (κ1) is 20.0. The number of alkyl halides is 3. The molecular formula is C15H26F3NO4. The second-order valence-corrected chi connectivity index (χ2v) is 6.97. The Morgan fingerprint density at radius 1 is 1.22 bits per heavy atom. The monoisotopic (exact) mass is 341 g/mol. The second kappa shape index (κ2) is 7.70. The van der Waals surface area contributed by atoms with Crippen molar-refractivity contribution in [3.63, 3.8) is 0 Å². The molecule has 0 bridgehead atoms. The second-order valence-electron chi connectivity index (χ2n) is 6.97. The van der Waals surface area contributed by atoms with E-state index in [9.17, 15) is 18.0 Å². The topological polar surface area (TPSA) is 48.0 Å². The molecule has 8 heteroatoms. The van der Waals surface area contributed by atoms with Crippen LogP contribution in [-0.4, -0.2) is 61.3 Å². The van der Waals surface area contributed by atoms with Crippen LogP contribution in [0.25, 0.3) is 0 Å². The Balaban J connectivity index is 2.24. The van der Waals surface area contributed by atoms with Gasteiger partial charge in [0, 0.05) is 19.8 Å². The predicted octanol–water partition coefficient (Wildman–Crippen LogP) is 3.37. The normalized spacial score (nSPS) is 22.5. The third-order valence-electron chi connectivity index (χ3n) is 3.24. The molecule has 0 aliphatic carbocycles. The molecule has 0 spiro atoms. The molecular weight excluding hydrogens is 315 g/mol. The first-order chi connectivity index (χ1) is 10.4. The van der Waals surface area contributed by atoms with Crippen LogP contribution in [0.3, 0.4) is 0 Å². The number of rotatable bonds is 6. The largest absolute Gasteiger partial charge is 0.444 e. The van der Waals surface area contributed by atoms with Gasteiger partial charge in [-0.1, -0.05) is 0 Å². The first-order valence-corrected chi connectivity index (χ1v) is 7.67. The van der Waals surface area contributed by atoms with Gasteiger partial charge in [0.05, 0.1) is 12.1 Å². The standard InChI is InChI=1S/C15H26F3NO4/c1-13(2,3)23-12(20)19-7-6-14(4,10-19)22-9-5-8-21-11-15(16,17)18/h5-11H2,1-4H3. The minimum absolute atomic E-state index is 0.00856. The van der Waals surface area contributed by atoms with Gasteiger partial charge >= 0.3 is 12.3 Å². The van der Waals surface area contributed by atoms with Crippen molar-refractivity contribution in [2.45, 2.75) is 57.9 Å². The van der Waals surface area contributed by atoms with Crippen LogP contribution in [0.1, 0.15) is 40.5 Å². The van der Waals surface area contributed by atoms with E-state index in [4.69, 9.17) is 9.47 Å². The van der Waals surface area contributed by atoms with Crippen molar-refractivity contribution in [2.75, 3.05) is 32.9 Å². The first-order valence-electron chi connectivity index (χ1n) is 7.67. The van der Waals surface area contributed by atoms with Gasteiger partial charge in [-0.2, -0.15) is 13.2 Å². The number of likely N-dealkylation sites (tertiary alicyclic amines) is 1. The summed E-state index contributed by atoms with van der Waals surface area (Å²) in [5.74, 6) is 0. The Kier molecular flexibility index (Phi) is 6.70. The number of hydrogen-bond donors (Lipinski definition) is 0. The van der Waals surface area contributed by atoms with Gasteiger partial charge in [-0.15, -0.1) is 0 Å². The fourth-order valence-corrected chi connectivity index (χ4v) is 2.20. The number of nitrogens with zero attached hydrogens (tertiary/aromatic N) is 1. The SMILES string of the molecule is CC(C)(C)OC(=O)N1CCC(C)(OCCCOCC(F)(F)F)C1. The van der Waals surface area contributed by atoms with Gasteiger partial charge in [0.1, 0.15) is 12.2 Å². The highest BCUT2D eigenvalue weighted by molar-refractivity contribution is 5.68. The van der Waals surface area contributed by atoms with Crippen molar-refractivity contribution in [3.8, 4) is 0 Å². The molecule has 0 aromatic heterocycles. The highest BCUT2D eigenvalue weighted by atomic mass is 19.4. The van der Waals surface area contributed by atoms with Crippen LogP contribution < -0.4 is 0 Å². The zero-order valence-electron chi connectivity index (χ0n) is 14.2. The van der Waals surface area contributed by atoms with Crippen LogP contribution in [0.5, 0.6) is 0 Å². The number of carbonyl (C=O) groups is 1. The molecule has 0 saturated carbocycles. The van der Waals surface area contributed by atoms with Crippen LogP contribution >= 0.6 is 0 Å².